The van der Waals surface area contributed by atoms with E-state index in [0.29, 0.717) is 5.92 Å². The summed E-state index contributed by atoms with van der Waals surface area (Å²) in [6.45, 7) is 7.36. The number of methoxy groups -OCH3 is 1. The molecule has 0 aromatic carbocycles. The van der Waals surface area contributed by atoms with Gasteiger partial charge in [-0.05, 0) is 24.7 Å². The molecule has 2 heteroatoms. The monoisotopic (exact) mass is 239 g/mol. The van der Waals surface area contributed by atoms with E-state index < -0.39 is 0 Å². The Balaban J connectivity index is 2.42. The van der Waals surface area contributed by atoms with E-state index >= 15 is 0 Å². The normalized spacial score (nSPS) is 18.9. The van der Waals surface area contributed by atoms with Gasteiger partial charge < -0.3 is 10.1 Å². The van der Waals surface area contributed by atoms with Gasteiger partial charge in [0.1, 0.15) is 0 Å². The summed E-state index contributed by atoms with van der Waals surface area (Å²) in [6, 6.07) is 0. The van der Waals surface area contributed by atoms with Crippen molar-refractivity contribution in [2.24, 2.45) is 11.8 Å². The molecule has 0 aliphatic heterocycles. The molecule has 17 heavy (non-hydrogen) atoms. The van der Waals surface area contributed by atoms with Gasteiger partial charge in [-0.15, -0.1) is 0 Å². The smallest absolute Gasteiger partial charge is 0.0587 e. The summed E-state index contributed by atoms with van der Waals surface area (Å²) < 4.78 is 5.07. The van der Waals surface area contributed by atoms with Crippen molar-refractivity contribution < 1.29 is 4.74 Å². The molecule has 1 aliphatic rings. The fourth-order valence-electron chi connectivity index (χ4n) is 2.65. The van der Waals surface area contributed by atoms with Gasteiger partial charge in [-0.2, -0.15) is 0 Å². The van der Waals surface area contributed by atoms with Crippen molar-refractivity contribution in [3.63, 3.8) is 0 Å². The van der Waals surface area contributed by atoms with Crippen LogP contribution in [0.1, 0.15) is 46.0 Å². The summed E-state index contributed by atoms with van der Waals surface area (Å²) in [4.78, 5) is 0. The molecular formula is C15H29NO. The lowest BCUT2D eigenvalue weighted by Gasteiger charge is -2.25. The topological polar surface area (TPSA) is 21.3 Å². The van der Waals surface area contributed by atoms with Gasteiger partial charge in [0.05, 0.1) is 6.61 Å². The molecule has 0 radical (unpaired) electrons. The molecule has 0 aromatic heterocycles. The Hall–Kier alpha value is -0.340. The lowest BCUT2D eigenvalue weighted by Crippen LogP contribution is -2.25. The maximum Gasteiger partial charge on any atom is 0.0587 e. The number of ether oxygens (including phenoxy) is 1. The minimum absolute atomic E-state index is 0.663. The Bertz CT molecular complexity index is 217. The zero-order valence-electron chi connectivity index (χ0n) is 11.8. The lowest BCUT2D eigenvalue weighted by atomic mass is 9.82. The highest BCUT2D eigenvalue weighted by atomic mass is 16.5. The summed E-state index contributed by atoms with van der Waals surface area (Å²) in [6.07, 6.45) is 9.52. The van der Waals surface area contributed by atoms with Crippen LogP contribution in [0.3, 0.4) is 0 Å². The maximum atomic E-state index is 5.07. The van der Waals surface area contributed by atoms with Gasteiger partial charge >= 0.3 is 0 Å². The largest absolute Gasteiger partial charge is 0.383 e. The van der Waals surface area contributed by atoms with E-state index in [1.165, 1.54) is 32.1 Å². The average molecular weight is 239 g/mol. The van der Waals surface area contributed by atoms with E-state index in [1.807, 2.05) is 0 Å². The van der Waals surface area contributed by atoms with Crippen molar-refractivity contribution in [1.82, 2.24) is 5.32 Å². The Morgan fingerprint density at radius 2 is 2.00 bits per heavy atom. The molecule has 0 spiro atoms. The molecular weight excluding hydrogens is 210 g/mol. The molecule has 0 atom stereocenters. The number of allylic oxidation sites excluding steroid dienone is 1. The molecule has 0 heterocycles. The molecule has 1 N–H and O–H groups in total. The third kappa shape index (κ3) is 6.23. The SMILES string of the molecule is COCCNCC(=CC(C)C)C1CCCCC1. The van der Waals surface area contributed by atoms with Gasteiger partial charge in [0.2, 0.25) is 0 Å². The van der Waals surface area contributed by atoms with Gasteiger partial charge in [0.25, 0.3) is 0 Å². The summed E-state index contributed by atoms with van der Waals surface area (Å²) in [5.74, 6) is 1.50. The zero-order valence-corrected chi connectivity index (χ0v) is 11.8. The van der Waals surface area contributed by atoms with Crippen LogP contribution in [0.25, 0.3) is 0 Å². The van der Waals surface area contributed by atoms with E-state index in [2.05, 4.69) is 25.2 Å². The fourth-order valence-corrected chi connectivity index (χ4v) is 2.65. The van der Waals surface area contributed by atoms with Crippen molar-refractivity contribution in [3.05, 3.63) is 11.6 Å². The molecule has 0 unspecified atom stereocenters. The van der Waals surface area contributed by atoms with E-state index in [4.69, 9.17) is 4.74 Å². The van der Waals surface area contributed by atoms with E-state index in [0.717, 1.165) is 25.6 Å². The van der Waals surface area contributed by atoms with Crippen LogP contribution in [0.4, 0.5) is 0 Å². The highest BCUT2D eigenvalue weighted by Gasteiger charge is 2.17. The Morgan fingerprint density at radius 1 is 1.29 bits per heavy atom. The first-order valence-corrected chi connectivity index (χ1v) is 7.14. The second kappa shape index (κ2) is 8.71. The first-order chi connectivity index (χ1) is 8.24. The van der Waals surface area contributed by atoms with Gasteiger partial charge in [-0.1, -0.05) is 44.8 Å². The summed E-state index contributed by atoms with van der Waals surface area (Å²) in [5.41, 5.74) is 1.64. The first kappa shape index (κ1) is 14.7. The molecule has 0 aromatic rings. The van der Waals surface area contributed by atoms with E-state index in [9.17, 15) is 0 Å². The highest BCUT2D eigenvalue weighted by molar-refractivity contribution is 5.10. The lowest BCUT2D eigenvalue weighted by molar-refractivity contribution is 0.200. The third-order valence-electron chi connectivity index (χ3n) is 3.49. The summed E-state index contributed by atoms with van der Waals surface area (Å²) >= 11 is 0. The van der Waals surface area contributed by atoms with Crippen LogP contribution in [-0.2, 0) is 4.74 Å². The van der Waals surface area contributed by atoms with Crippen molar-refractivity contribution in [2.45, 2.75) is 46.0 Å². The van der Waals surface area contributed by atoms with E-state index in [-0.39, 0.29) is 0 Å². The molecule has 0 bridgehead atoms. The predicted octanol–water partition coefficient (Wildman–Crippen LogP) is 3.39. The highest BCUT2D eigenvalue weighted by Crippen LogP contribution is 2.30. The molecule has 100 valence electrons. The Morgan fingerprint density at radius 3 is 2.59 bits per heavy atom. The summed E-state index contributed by atoms with van der Waals surface area (Å²) in [5, 5.41) is 3.50. The van der Waals surface area contributed by atoms with Crippen LogP contribution in [0.15, 0.2) is 11.6 Å². The maximum absolute atomic E-state index is 5.07. The van der Waals surface area contributed by atoms with Gasteiger partial charge in [0, 0.05) is 20.2 Å². The Kier molecular flexibility index (Phi) is 7.54. The number of rotatable bonds is 7. The standard InChI is InChI=1S/C15H29NO/c1-13(2)11-15(12-16-9-10-17-3)14-7-5-4-6-8-14/h11,13-14,16H,4-10,12H2,1-3H3. The quantitative estimate of drug-likeness (QED) is 0.543. The van der Waals surface area contributed by atoms with Crippen LogP contribution in [0.2, 0.25) is 0 Å². The molecule has 2 nitrogen and oxygen atoms in total. The zero-order chi connectivity index (χ0) is 12.5. The molecule has 1 rings (SSSR count). The fraction of sp³-hybridized carbons (Fsp3) is 0.867. The predicted molar refractivity (Wildman–Crippen MR) is 74.2 cm³/mol. The molecule has 1 fully saturated rings. The summed E-state index contributed by atoms with van der Waals surface area (Å²) in [7, 11) is 1.76. The molecule has 0 saturated heterocycles. The number of nitrogens with one attached hydrogen (secondary N) is 1. The van der Waals surface area contributed by atoms with Crippen LogP contribution < -0.4 is 5.32 Å². The van der Waals surface area contributed by atoms with Crippen LogP contribution in [0, 0.1) is 11.8 Å². The molecule has 1 aliphatic carbocycles. The molecule has 1 saturated carbocycles. The second-order valence-electron chi connectivity index (χ2n) is 5.49. The third-order valence-corrected chi connectivity index (χ3v) is 3.49. The second-order valence-corrected chi connectivity index (χ2v) is 5.49. The van der Waals surface area contributed by atoms with Gasteiger partial charge in [-0.3, -0.25) is 0 Å². The van der Waals surface area contributed by atoms with Crippen molar-refractivity contribution >= 4 is 0 Å². The van der Waals surface area contributed by atoms with Crippen LogP contribution in [-0.4, -0.2) is 26.8 Å². The first-order valence-electron chi connectivity index (χ1n) is 7.14. The molecule has 0 amide bonds. The van der Waals surface area contributed by atoms with Crippen molar-refractivity contribution in [1.29, 1.82) is 0 Å². The van der Waals surface area contributed by atoms with Gasteiger partial charge in [0.15, 0.2) is 0 Å². The number of hydrogen-bond acceptors (Lipinski definition) is 2. The van der Waals surface area contributed by atoms with Crippen LogP contribution >= 0.6 is 0 Å². The van der Waals surface area contributed by atoms with Crippen molar-refractivity contribution in [2.75, 3.05) is 26.8 Å². The van der Waals surface area contributed by atoms with Gasteiger partial charge in [-0.25, -0.2) is 0 Å². The van der Waals surface area contributed by atoms with Crippen molar-refractivity contribution in [3.8, 4) is 0 Å². The van der Waals surface area contributed by atoms with Crippen LogP contribution in [0.5, 0.6) is 0 Å². The minimum Gasteiger partial charge on any atom is -0.383 e. The average Bonchev–Trinajstić information content (AvgIpc) is 2.34. The number of hydrogen-bond donors (Lipinski definition) is 1. The minimum atomic E-state index is 0.663. The Labute approximate surface area is 107 Å². The van der Waals surface area contributed by atoms with E-state index in [1.54, 1.807) is 12.7 Å².